The van der Waals surface area contributed by atoms with Crippen LogP contribution in [0.4, 0.5) is 9.18 Å². The maximum atomic E-state index is 13.0. The summed E-state index contributed by atoms with van der Waals surface area (Å²) < 4.78 is 40.9. The molecule has 0 fully saturated rings. The molecule has 0 saturated carbocycles. The first-order valence-corrected chi connectivity index (χ1v) is 10.4. The zero-order chi connectivity index (χ0) is 19.0. The zero-order valence-corrected chi connectivity index (χ0v) is 15.5. The van der Waals surface area contributed by atoms with E-state index in [0.717, 1.165) is 11.1 Å². The van der Waals surface area contributed by atoms with Gasteiger partial charge >= 0.3 is 6.09 Å². The van der Waals surface area contributed by atoms with E-state index < -0.39 is 21.1 Å². The third-order valence-electron chi connectivity index (χ3n) is 3.62. The number of halogens is 2. The van der Waals surface area contributed by atoms with Crippen LogP contribution in [0.3, 0.4) is 0 Å². The summed E-state index contributed by atoms with van der Waals surface area (Å²) in [6, 6.07) is 14.9. The van der Waals surface area contributed by atoms with Crippen LogP contribution in [0.5, 0.6) is 0 Å². The fourth-order valence-corrected chi connectivity index (χ4v) is 3.76. The van der Waals surface area contributed by atoms with Crippen molar-refractivity contribution < 1.29 is 22.3 Å². The van der Waals surface area contributed by atoms with Gasteiger partial charge in [0.15, 0.2) is 0 Å². The maximum Gasteiger partial charge on any atom is 0.407 e. The van der Waals surface area contributed by atoms with Crippen molar-refractivity contribution >= 4 is 25.8 Å². The van der Waals surface area contributed by atoms with Crippen molar-refractivity contribution in [3.63, 3.8) is 0 Å². The summed E-state index contributed by atoms with van der Waals surface area (Å²) in [5.41, 5.74) is 1.59. The minimum absolute atomic E-state index is 0.0664. The molecule has 5 nitrogen and oxygen atoms in total. The second-order valence-corrected chi connectivity index (χ2v) is 8.67. The van der Waals surface area contributed by atoms with E-state index in [1.807, 2.05) is 30.3 Å². The molecule has 0 aliphatic heterocycles. The molecule has 0 radical (unpaired) electrons. The standard InChI is InChI=1S/C18H19ClFNO4S/c19-26(23,24)13-16(10-14-6-8-17(20)9-7-14)11-21-18(22)25-12-15-4-2-1-3-5-15/h1-9,16H,10-13H2,(H,21,22). The van der Waals surface area contributed by atoms with E-state index >= 15 is 0 Å². The molecule has 2 rings (SSSR count). The number of carbonyl (C=O) groups is 1. The molecule has 8 heteroatoms. The molecule has 26 heavy (non-hydrogen) atoms. The van der Waals surface area contributed by atoms with Gasteiger partial charge in [0, 0.05) is 17.2 Å². The summed E-state index contributed by atoms with van der Waals surface area (Å²) in [4.78, 5) is 11.8. The Morgan fingerprint density at radius 1 is 1.08 bits per heavy atom. The number of hydrogen-bond donors (Lipinski definition) is 1. The van der Waals surface area contributed by atoms with E-state index in [-0.39, 0.29) is 24.7 Å². The predicted octanol–water partition coefficient (Wildman–Crippen LogP) is 3.48. The molecule has 0 heterocycles. The molecular formula is C18H19ClFNO4S. The molecule has 1 unspecified atom stereocenters. The van der Waals surface area contributed by atoms with Crippen LogP contribution in [0.25, 0.3) is 0 Å². The summed E-state index contributed by atoms with van der Waals surface area (Å²) in [5.74, 6) is -1.16. The number of rotatable bonds is 8. The summed E-state index contributed by atoms with van der Waals surface area (Å²) in [7, 11) is 1.60. The van der Waals surface area contributed by atoms with Crippen molar-refractivity contribution in [3.05, 3.63) is 71.5 Å². The Hall–Kier alpha value is -2.12. The number of ether oxygens (including phenoxy) is 1. The van der Waals surface area contributed by atoms with Crippen LogP contribution in [0.15, 0.2) is 54.6 Å². The Balaban J connectivity index is 1.89. The van der Waals surface area contributed by atoms with Crippen molar-refractivity contribution in [3.8, 4) is 0 Å². The first-order chi connectivity index (χ1) is 12.3. The third-order valence-corrected chi connectivity index (χ3v) is 4.87. The quantitative estimate of drug-likeness (QED) is 0.690. The topological polar surface area (TPSA) is 72.5 Å². The zero-order valence-electron chi connectivity index (χ0n) is 13.9. The molecule has 0 aliphatic carbocycles. The summed E-state index contributed by atoms with van der Waals surface area (Å²) in [6.45, 7) is 0.181. The fraction of sp³-hybridized carbons (Fsp3) is 0.278. The van der Waals surface area contributed by atoms with Crippen LogP contribution in [-0.4, -0.2) is 26.8 Å². The van der Waals surface area contributed by atoms with Crippen LogP contribution >= 0.6 is 10.7 Å². The highest BCUT2D eigenvalue weighted by Gasteiger charge is 2.19. The summed E-state index contributed by atoms with van der Waals surface area (Å²) in [5, 5.41) is 2.55. The van der Waals surface area contributed by atoms with Gasteiger partial charge in [-0.1, -0.05) is 42.5 Å². The van der Waals surface area contributed by atoms with E-state index in [1.54, 1.807) is 12.1 Å². The number of hydrogen-bond acceptors (Lipinski definition) is 4. The normalized spacial score (nSPS) is 12.4. The summed E-state index contributed by atoms with van der Waals surface area (Å²) in [6.07, 6.45) is -0.324. The molecular weight excluding hydrogens is 381 g/mol. The molecule has 2 aromatic carbocycles. The Kier molecular flexibility index (Phi) is 7.41. The monoisotopic (exact) mass is 399 g/mol. The Morgan fingerprint density at radius 2 is 1.73 bits per heavy atom. The lowest BCUT2D eigenvalue weighted by molar-refractivity contribution is 0.138. The Labute approximate surface area is 156 Å². The van der Waals surface area contributed by atoms with Gasteiger partial charge in [0.1, 0.15) is 12.4 Å². The molecule has 140 valence electrons. The van der Waals surface area contributed by atoms with E-state index in [9.17, 15) is 17.6 Å². The summed E-state index contributed by atoms with van der Waals surface area (Å²) >= 11 is 0. The van der Waals surface area contributed by atoms with E-state index in [0.29, 0.717) is 6.42 Å². The van der Waals surface area contributed by atoms with Gasteiger partial charge in [0.05, 0.1) is 5.75 Å². The number of nitrogens with one attached hydrogen (secondary N) is 1. The molecule has 0 bridgehead atoms. The van der Waals surface area contributed by atoms with Crippen molar-refractivity contribution in [2.75, 3.05) is 12.3 Å². The van der Waals surface area contributed by atoms with Gasteiger partial charge in [-0.25, -0.2) is 17.6 Å². The van der Waals surface area contributed by atoms with Crippen LogP contribution < -0.4 is 5.32 Å². The largest absolute Gasteiger partial charge is 0.445 e. The smallest absolute Gasteiger partial charge is 0.407 e. The van der Waals surface area contributed by atoms with Crippen LogP contribution in [0, 0.1) is 11.7 Å². The van der Waals surface area contributed by atoms with Crippen molar-refractivity contribution in [2.45, 2.75) is 13.0 Å². The Morgan fingerprint density at radius 3 is 2.35 bits per heavy atom. The Bertz CT molecular complexity index is 813. The number of benzene rings is 2. The van der Waals surface area contributed by atoms with Crippen LogP contribution in [0.1, 0.15) is 11.1 Å². The average Bonchev–Trinajstić information content (AvgIpc) is 2.59. The second-order valence-electron chi connectivity index (χ2n) is 5.84. The minimum Gasteiger partial charge on any atom is -0.445 e. The van der Waals surface area contributed by atoms with E-state index in [2.05, 4.69) is 5.32 Å². The van der Waals surface area contributed by atoms with Gasteiger partial charge in [-0.2, -0.15) is 0 Å². The molecule has 0 aliphatic rings. The van der Waals surface area contributed by atoms with Crippen molar-refractivity contribution in [1.82, 2.24) is 5.32 Å². The minimum atomic E-state index is -3.75. The van der Waals surface area contributed by atoms with Crippen LogP contribution in [-0.2, 0) is 26.8 Å². The number of amides is 1. The second kappa shape index (κ2) is 9.54. The van der Waals surface area contributed by atoms with Gasteiger partial charge in [-0.15, -0.1) is 0 Å². The molecule has 0 aromatic heterocycles. The van der Waals surface area contributed by atoms with Gasteiger partial charge in [0.25, 0.3) is 0 Å². The lowest BCUT2D eigenvalue weighted by Gasteiger charge is -2.16. The lowest BCUT2D eigenvalue weighted by atomic mass is 10.0. The molecule has 1 atom stereocenters. The molecule has 2 aromatic rings. The highest BCUT2D eigenvalue weighted by atomic mass is 35.7. The highest BCUT2D eigenvalue weighted by molar-refractivity contribution is 8.13. The highest BCUT2D eigenvalue weighted by Crippen LogP contribution is 2.14. The number of carbonyl (C=O) groups excluding carboxylic acids is 1. The third kappa shape index (κ3) is 7.84. The first-order valence-electron chi connectivity index (χ1n) is 7.93. The van der Waals surface area contributed by atoms with Gasteiger partial charge < -0.3 is 10.1 Å². The van der Waals surface area contributed by atoms with Gasteiger partial charge in [0.2, 0.25) is 9.05 Å². The van der Waals surface area contributed by atoms with Gasteiger partial charge in [-0.3, -0.25) is 0 Å². The maximum absolute atomic E-state index is 13.0. The fourth-order valence-electron chi connectivity index (χ4n) is 2.43. The lowest BCUT2D eigenvalue weighted by Crippen LogP contribution is -2.33. The average molecular weight is 400 g/mol. The molecule has 1 amide bonds. The first kappa shape index (κ1) is 20.2. The molecule has 1 N–H and O–H groups in total. The molecule has 0 spiro atoms. The predicted molar refractivity (Wildman–Crippen MR) is 97.9 cm³/mol. The van der Waals surface area contributed by atoms with Crippen molar-refractivity contribution in [2.24, 2.45) is 5.92 Å². The van der Waals surface area contributed by atoms with E-state index in [4.69, 9.17) is 15.4 Å². The SMILES string of the molecule is O=C(NCC(Cc1ccc(F)cc1)CS(=O)(=O)Cl)OCc1ccccc1. The van der Waals surface area contributed by atoms with E-state index in [1.165, 1.54) is 12.1 Å². The number of alkyl carbamates (subject to hydrolysis) is 1. The molecule has 0 saturated heterocycles. The van der Waals surface area contributed by atoms with Crippen LogP contribution in [0.2, 0.25) is 0 Å². The van der Waals surface area contributed by atoms with Gasteiger partial charge in [-0.05, 0) is 35.6 Å². The van der Waals surface area contributed by atoms with Crippen molar-refractivity contribution in [1.29, 1.82) is 0 Å².